The van der Waals surface area contributed by atoms with Crippen LogP contribution in [0.1, 0.15) is 131 Å². The van der Waals surface area contributed by atoms with Crippen LogP contribution in [0.25, 0.3) is 0 Å². The van der Waals surface area contributed by atoms with Crippen molar-refractivity contribution in [1.82, 2.24) is 9.97 Å². The van der Waals surface area contributed by atoms with Crippen molar-refractivity contribution in [2.45, 2.75) is 123 Å². The molecule has 1 N–H and O–H groups in total. The van der Waals surface area contributed by atoms with Gasteiger partial charge in [-0.05, 0) is 66.8 Å². The van der Waals surface area contributed by atoms with Crippen molar-refractivity contribution < 1.29 is 22.7 Å². The van der Waals surface area contributed by atoms with E-state index in [2.05, 4.69) is 78.7 Å². The SMILES string of the molecule is CC(C)c1nc2c(c(C3C=CCC3)c1[C@@H](O)c1ccc(C(F)(F)F)nc1)C(O[Si](C)(C)C(C)(C)C)CC(C)(C)C2. The van der Waals surface area contributed by atoms with Crippen molar-refractivity contribution in [2.24, 2.45) is 5.41 Å². The zero-order valence-corrected chi connectivity index (χ0v) is 26.4. The molecule has 0 aromatic carbocycles. The quantitative estimate of drug-likeness (QED) is 0.276. The molecule has 3 atom stereocenters. The molecule has 2 aromatic rings. The van der Waals surface area contributed by atoms with Crippen molar-refractivity contribution in [1.29, 1.82) is 0 Å². The summed E-state index contributed by atoms with van der Waals surface area (Å²) in [6.45, 7) is 19.9. The molecular weight excluding hydrogens is 529 g/mol. The van der Waals surface area contributed by atoms with E-state index in [1.807, 2.05) is 0 Å². The fraction of sp³-hybridized carbons (Fsp3) is 0.625. The first-order valence-corrected chi connectivity index (χ1v) is 17.4. The maximum atomic E-state index is 13.2. The van der Waals surface area contributed by atoms with Gasteiger partial charge in [0.2, 0.25) is 0 Å². The second-order valence-electron chi connectivity index (χ2n) is 14.2. The molecule has 0 saturated heterocycles. The Bertz CT molecular complexity index is 1260. The van der Waals surface area contributed by atoms with Crippen LogP contribution in [0.4, 0.5) is 13.2 Å². The third-order valence-electron chi connectivity index (χ3n) is 8.97. The van der Waals surface area contributed by atoms with E-state index in [4.69, 9.17) is 9.41 Å². The smallest absolute Gasteiger partial charge is 0.410 e. The van der Waals surface area contributed by atoms with E-state index in [9.17, 15) is 18.3 Å². The average molecular weight is 575 g/mol. The molecule has 2 heterocycles. The molecule has 2 unspecified atom stereocenters. The van der Waals surface area contributed by atoms with Crippen molar-refractivity contribution in [2.75, 3.05) is 0 Å². The number of aliphatic hydroxyl groups is 1. The zero-order chi connectivity index (χ0) is 29.8. The molecule has 0 amide bonds. The third-order valence-corrected chi connectivity index (χ3v) is 13.5. The van der Waals surface area contributed by atoms with Crippen LogP contribution in [0.15, 0.2) is 30.5 Å². The summed E-state index contributed by atoms with van der Waals surface area (Å²) in [4.78, 5) is 8.89. The van der Waals surface area contributed by atoms with Gasteiger partial charge in [-0.15, -0.1) is 0 Å². The predicted molar refractivity (Wildman–Crippen MR) is 156 cm³/mol. The van der Waals surface area contributed by atoms with Crippen LogP contribution in [-0.2, 0) is 17.0 Å². The highest BCUT2D eigenvalue weighted by Gasteiger charge is 2.45. The number of pyridine rings is 2. The van der Waals surface area contributed by atoms with E-state index in [1.54, 1.807) is 0 Å². The van der Waals surface area contributed by atoms with Crippen LogP contribution in [0.5, 0.6) is 0 Å². The lowest BCUT2D eigenvalue weighted by molar-refractivity contribution is -0.141. The van der Waals surface area contributed by atoms with Crippen LogP contribution in [0.2, 0.25) is 18.1 Å². The summed E-state index contributed by atoms with van der Waals surface area (Å²) in [6, 6.07) is 2.28. The van der Waals surface area contributed by atoms with Gasteiger partial charge in [0.25, 0.3) is 0 Å². The molecule has 0 spiro atoms. The monoisotopic (exact) mass is 574 g/mol. The minimum atomic E-state index is -4.54. The highest BCUT2D eigenvalue weighted by molar-refractivity contribution is 6.74. The molecule has 0 aliphatic heterocycles. The first-order chi connectivity index (χ1) is 18.3. The molecule has 0 radical (unpaired) electrons. The van der Waals surface area contributed by atoms with E-state index < -0.39 is 26.3 Å². The van der Waals surface area contributed by atoms with Crippen LogP contribution >= 0.6 is 0 Å². The molecular formula is C32H45F3N2O2Si. The van der Waals surface area contributed by atoms with E-state index in [0.29, 0.717) is 11.1 Å². The maximum absolute atomic E-state index is 13.2. The first-order valence-electron chi connectivity index (χ1n) is 14.4. The van der Waals surface area contributed by atoms with Gasteiger partial charge < -0.3 is 9.53 Å². The van der Waals surface area contributed by atoms with Crippen LogP contribution < -0.4 is 0 Å². The molecule has 0 saturated carbocycles. The normalized spacial score (nSPS) is 22.1. The Morgan fingerprint density at radius 3 is 2.27 bits per heavy atom. The third kappa shape index (κ3) is 6.09. The number of halogens is 3. The summed E-state index contributed by atoms with van der Waals surface area (Å²) in [5.74, 6) is 0.0827. The number of hydrogen-bond donors (Lipinski definition) is 1. The lowest BCUT2D eigenvalue weighted by Gasteiger charge is -2.45. The number of aliphatic hydroxyl groups excluding tert-OH is 1. The Hall–Kier alpha value is -2.03. The summed E-state index contributed by atoms with van der Waals surface area (Å²) >= 11 is 0. The number of allylic oxidation sites excluding steroid dienone is 2. The summed E-state index contributed by atoms with van der Waals surface area (Å²) in [5.41, 5.74) is 4.01. The highest BCUT2D eigenvalue weighted by atomic mass is 28.4. The molecule has 40 heavy (non-hydrogen) atoms. The summed E-state index contributed by atoms with van der Waals surface area (Å²) in [7, 11) is -2.18. The Kier molecular flexibility index (Phi) is 8.24. The van der Waals surface area contributed by atoms with Crippen molar-refractivity contribution in [3.05, 3.63) is 69.8 Å². The lowest BCUT2D eigenvalue weighted by atomic mass is 9.70. The maximum Gasteiger partial charge on any atom is 0.433 e. The number of hydrogen-bond acceptors (Lipinski definition) is 4. The van der Waals surface area contributed by atoms with Gasteiger partial charge in [-0.2, -0.15) is 13.2 Å². The topological polar surface area (TPSA) is 55.2 Å². The largest absolute Gasteiger partial charge is 0.433 e. The molecule has 0 fully saturated rings. The average Bonchev–Trinajstić information content (AvgIpc) is 3.35. The van der Waals surface area contributed by atoms with Crippen molar-refractivity contribution in [3.8, 4) is 0 Å². The number of nitrogens with zero attached hydrogens (tertiary/aromatic N) is 2. The number of rotatable bonds is 6. The number of aromatic nitrogens is 2. The van der Waals surface area contributed by atoms with E-state index in [-0.39, 0.29) is 28.4 Å². The van der Waals surface area contributed by atoms with E-state index in [1.165, 1.54) is 6.07 Å². The molecule has 4 rings (SSSR count). The minimum absolute atomic E-state index is 0.00582. The second-order valence-corrected chi connectivity index (χ2v) is 19.0. The van der Waals surface area contributed by atoms with E-state index in [0.717, 1.165) is 60.5 Å². The van der Waals surface area contributed by atoms with Gasteiger partial charge >= 0.3 is 6.18 Å². The van der Waals surface area contributed by atoms with Crippen molar-refractivity contribution in [3.63, 3.8) is 0 Å². The Morgan fingerprint density at radius 2 is 1.77 bits per heavy atom. The van der Waals surface area contributed by atoms with Crippen LogP contribution in [0, 0.1) is 5.41 Å². The van der Waals surface area contributed by atoms with Gasteiger partial charge in [-0.3, -0.25) is 9.97 Å². The highest BCUT2D eigenvalue weighted by Crippen LogP contribution is 2.52. The molecule has 4 nitrogen and oxygen atoms in total. The van der Waals surface area contributed by atoms with Crippen molar-refractivity contribution >= 4 is 8.32 Å². The summed E-state index contributed by atoms with van der Waals surface area (Å²) < 4.78 is 46.9. The van der Waals surface area contributed by atoms with Gasteiger partial charge in [-0.25, -0.2) is 0 Å². The molecule has 8 heteroatoms. The molecule has 2 aliphatic rings. The van der Waals surface area contributed by atoms with Crippen LogP contribution in [0.3, 0.4) is 0 Å². The summed E-state index contributed by atoms with van der Waals surface area (Å²) in [5, 5.41) is 11.9. The van der Waals surface area contributed by atoms with Gasteiger partial charge in [0, 0.05) is 40.2 Å². The molecule has 2 aromatic heterocycles. The van der Waals surface area contributed by atoms with Crippen LogP contribution in [-0.4, -0.2) is 23.4 Å². The molecule has 2 aliphatic carbocycles. The van der Waals surface area contributed by atoms with Gasteiger partial charge in [0.15, 0.2) is 8.32 Å². The first kappa shape index (κ1) is 30.9. The fourth-order valence-corrected chi connectivity index (χ4v) is 7.13. The van der Waals surface area contributed by atoms with E-state index >= 15 is 0 Å². The Morgan fingerprint density at radius 1 is 1.10 bits per heavy atom. The Balaban J connectivity index is 1.98. The number of fused-ring (bicyclic) bond motifs is 1. The standard InChI is InChI=1S/C32H45F3N2O2Si/c1-19(2)28-27(29(38)21-14-15-24(36-18-21)32(33,34)35)25(20-12-10-11-13-20)26-22(37-28)16-31(6,7)17-23(26)39-40(8,9)30(3,4)5/h10,12,14-15,18-20,23,29,38H,11,13,16-17H2,1-9H3/t20?,23?,29-/m0/s1. The van der Waals surface area contributed by atoms with Gasteiger partial charge in [-0.1, -0.05) is 66.7 Å². The second kappa shape index (κ2) is 10.7. The minimum Gasteiger partial charge on any atom is -0.410 e. The van der Waals surface area contributed by atoms with Gasteiger partial charge in [0.05, 0.1) is 6.10 Å². The Labute approximate surface area is 238 Å². The lowest BCUT2D eigenvalue weighted by Crippen LogP contribution is -2.44. The summed E-state index contributed by atoms with van der Waals surface area (Å²) in [6.07, 6.45) is 3.18. The predicted octanol–water partition coefficient (Wildman–Crippen LogP) is 9.17. The molecule has 0 bridgehead atoms. The number of alkyl halides is 3. The van der Waals surface area contributed by atoms with Gasteiger partial charge in [0.1, 0.15) is 11.8 Å². The molecule has 220 valence electrons. The zero-order valence-electron chi connectivity index (χ0n) is 25.4. The fourth-order valence-electron chi connectivity index (χ4n) is 5.86.